The van der Waals surface area contributed by atoms with E-state index in [1.54, 1.807) is 12.3 Å². The predicted molar refractivity (Wildman–Crippen MR) is 273 cm³/mol. The van der Waals surface area contributed by atoms with Crippen molar-refractivity contribution in [1.82, 2.24) is 0 Å². The third kappa shape index (κ3) is 69.2. The Kier molecular flexibility index (Phi) is 70.5. The minimum Gasteiger partial charge on any atom is -0.501 e. The third-order valence-corrected chi connectivity index (χ3v) is 8.91. The molecule has 0 N–H and O–H groups in total. The lowest BCUT2D eigenvalue weighted by Gasteiger charge is -2.17. The highest BCUT2D eigenvalue weighted by atomic mass is 16.7. The van der Waals surface area contributed by atoms with E-state index in [-0.39, 0.29) is 6.29 Å². The molecule has 5 nitrogen and oxygen atoms in total. The molecule has 0 rings (SSSR count). The fourth-order valence-corrected chi connectivity index (χ4v) is 4.91. The van der Waals surface area contributed by atoms with E-state index in [1.165, 1.54) is 109 Å². The maximum absolute atomic E-state index is 5.67. The molecule has 0 fully saturated rings. The quantitative estimate of drug-likeness (QED) is 0.0266. The molecular weight excluding hydrogens is 753 g/mol. The number of unbranched alkanes of at least 4 members (excludes halogenated alkanes) is 15. The summed E-state index contributed by atoms with van der Waals surface area (Å²) >= 11 is 0. The molecule has 0 radical (unpaired) electrons. The first-order valence-electron chi connectivity index (χ1n) is 25.4. The summed E-state index contributed by atoms with van der Waals surface area (Å²) in [5, 5.41) is 0. The number of hydrogen-bond acceptors (Lipinski definition) is 5. The van der Waals surface area contributed by atoms with Crippen molar-refractivity contribution >= 4 is 0 Å². The van der Waals surface area contributed by atoms with Crippen molar-refractivity contribution in [2.75, 3.05) is 33.0 Å². The van der Waals surface area contributed by atoms with Crippen LogP contribution in [0.1, 0.15) is 223 Å². The molecule has 0 atom stereocenters. The van der Waals surface area contributed by atoms with Crippen LogP contribution in [0.2, 0.25) is 0 Å². The highest BCUT2D eigenvalue weighted by Crippen LogP contribution is 2.10. The molecule has 0 aromatic rings. The second-order valence-electron chi connectivity index (χ2n) is 15.2. The lowest BCUT2D eigenvalue weighted by Crippen LogP contribution is -2.18. The van der Waals surface area contributed by atoms with Crippen LogP contribution in [0.3, 0.4) is 0 Å². The predicted octanol–water partition coefficient (Wildman–Crippen LogP) is 18.6. The fourth-order valence-electron chi connectivity index (χ4n) is 4.91. The molecule has 0 heterocycles. The summed E-state index contributed by atoms with van der Waals surface area (Å²) in [6.07, 6.45) is 58.4. The van der Waals surface area contributed by atoms with Crippen LogP contribution in [0.15, 0.2) is 97.8 Å². The summed E-state index contributed by atoms with van der Waals surface area (Å²) in [4.78, 5) is 0. The molecule has 0 aromatic heterocycles. The van der Waals surface area contributed by atoms with Gasteiger partial charge in [0.1, 0.15) is 0 Å². The van der Waals surface area contributed by atoms with Crippen LogP contribution >= 0.6 is 0 Å². The Morgan fingerprint density at radius 3 is 1.31 bits per heavy atom. The number of allylic oxidation sites excluding steroid dienone is 13. The van der Waals surface area contributed by atoms with Crippen molar-refractivity contribution in [1.29, 1.82) is 0 Å². The van der Waals surface area contributed by atoms with Gasteiger partial charge in [-0.25, -0.2) is 0 Å². The second-order valence-corrected chi connectivity index (χ2v) is 15.2. The zero-order valence-corrected chi connectivity index (χ0v) is 42.1. The van der Waals surface area contributed by atoms with Crippen molar-refractivity contribution in [3.63, 3.8) is 0 Å². The topological polar surface area (TPSA) is 46.2 Å². The van der Waals surface area contributed by atoms with Gasteiger partial charge in [-0.05, 0) is 82.8 Å². The minimum atomic E-state index is 0.0399. The van der Waals surface area contributed by atoms with Crippen molar-refractivity contribution in [3.05, 3.63) is 97.8 Å². The molecule has 0 aliphatic carbocycles. The van der Waals surface area contributed by atoms with Crippen molar-refractivity contribution < 1.29 is 23.7 Å². The normalized spacial score (nSPS) is 11.3. The molecule has 61 heavy (non-hydrogen) atoms. The Morgan fingerprint density at radius 2 is 0.820 bits per heavy atom. The molecule has 0 saturated heterocycles. The Labute approximate surface area is 382 Å². The monoisotopic (exact) mass is 857 g/mol. The number of hydrogen-bond donors (Lipinski definition) is 0. The van der Waals surface area contributed by atoms with Gasteiger partial charge in [-0.1, -0.05) is 226 Å². The minimum absolute atomic E-state index is 0.0399. The van der Waals surface area contributed by atoms with E-state index < -0.39 is 0 Å². The van der Waals surface area contributed by atoms with Gasteiger partial charge in [0.2, 0.25) is 0 Å². The third-order valence-electron chi connectivity index (χ3n) is 8.91. The molecule has 5 heteroatoms. The van der Waals surface area contributed by atoms with Crippen LogP contribution in [0, 0.1) is 0 Å². The summed E-state index contributed by atoms with van der Waals surface area (Å²) in [5.41, 5.74) is 0. The Bertz CT molecular complexity index is 967. The molecule has 0 aliphatic rings. The lowest BCUT2D eigenvalue weighted by atomic mass is 10.1. The largest absolute Gasteiger partial charge is 0.501 e. The molecule has 0 amide bonds. The van der Waals surface area contributed by atoms with Gasteiger partial charge in [-0.2, -0.15) is 0 Å². The first-order valence-corrected chi connectivity index (χ1v) is 25.4. The van der Waals surface area contributed by atoms with Crippen molar-refractivity contribution in [2.45, 2.75) is 229 Å². The van der Waals surface area contributed by atoms with Crippen LogP contribution in [0.5, 0.6) is 0 Å². The zero-order valence-electron chi connectivity index (χ0n) is 42.1. The van der Waals surface area contributed by atoms with Gasteiger partial charge in [0, 0.05) is 13.2 Å². The molecular formula is C56H104O5. The van der Waals surface area contributed by atoms with E-state index in [1.807, 2.05) is 36.5 Å². The van der Waals surface area contributed by atoms with Crippen LogP contribution in [-0.4, -0.2) is 39.3 Å². The molecule has 0 saturated carbocycles. The molecule has 358 valence electrons. The van der Waals surface area contributed by atoms with Gasteiger partial charge in [0.05, 0.1) is 26.1 Å². The van der Waals surface area contributed by atoms with Crippen LogP contribution in [-0.2, 0) is 23.7 Å². The van der Waals surface area contributed by atoms with E-state index in [0.29, 0.717) is 0 Å². The van der Waals surface area contributed by atoms with Crippen LogP contribution in [0.25, 0.3) is 0 Å². The van der Waals surface area contributed by atoms with E-state index in [2.05, 4.69) is 105 Å². The number of rotatable bonds is 40. The lowest BCUT2D eigenvalue weighted by molar-refractivity contribution is -0.147. The van der Waals surface area contributed by atoms with Gasteiger partial charge >= 0.3 is 0 Å². The van der Waals surface area contributed by atoms with Crippen LogP contribution < -0.4 is 0 Å². The smallest absolute Gasteiger partial charge is 0.274 e. The fraction of sp³-hybridized carbons (Fsp3) is 0.714. The van der Waals surface area contributed by atoms with Crippen molar-refractivity contribution in [3.8, 4) is 0 Å². The Hall–Kier alpha value is -2.76. The number of ether oxygens (including phenoxy) is 5. The van der Waals surface area contributed by atoms with Crippen LogP contribution in [0.4, 0.5) is 0 Å². The first kappa shape index (κ1) is 64.9. The van der Waals surface area contributed by atoms with E-state index >= 15 is 0 Å². The van der Waals surface area contributed by atoms with E-state index in [4.69, 9.17) is 23.7 Å². The molecule has 0 bridgehead atoms. The van der Waals surface area contributed by atoms with Gasteiger partial charge in [0.15, 0.2) is 6.29 Å². The summed E-state index contributed by atoms with van der Waals surface area (Å²) in [6, 6.07) is 0. The van der Waals surface area contributed by atoms with E-state index in [0.717, 1.165) is 90.3 Å². The summed E-state index contributed by atoms with van der Waals surface area (Å²) in [7, 11) is 0. The van der Waals surface area contributed by atoms with E-state index in [9.17, 15) is 0 Å². The average molecular weight is 857 g/mol. The standard InChI is InChI=1S/C16H32O2.C16H28O.C12H26O2.C12H18/c1-4-7-10-11-12-13-16(17-14-8-5-2)18-15-9-6-3;1-3-5-7-8-9-10-11-12-13-14-16-17-15-6-4-2;1-4-7-10-13-12(9-6-3)14-11-8-5-2;1-3-5-7-9-11-12-10-8-6-4-2/h13H,4-12,14-15H2,1-3H3;10-14,16H,3-9,15H2,1-2H3;12H,4-11H2,1-3H3;3,5,7,9-12H,1,4,6,8H2,2H3/b;11-10+,13-12+,16-14+;;7-5+,11-9+,12-10+. The second kappa shape index (κ2) is 66.3. The highest BCUT2D eigenvalue weighted by molar-refractivity contribution is 5.14. The maximum Gasteiger partial charge on any atom is 0.274 e. The molecule has 0 aromatic carbocycles. The molecule has 0 spiro atoms. The summed E-state index contributed by atoms with van der Waals surface area (Å²) < 4.78 is 27.9. The average Bonchev–Trinajstić information content (AvgIpc) is 3.27. The SMILES string of the molecule is C=C/C=C/C=C/C=C/CCCC.CCCCCC/C=C/C=C/C=C/OCCCC.CCCCCCC=C(OCCCC)OCCCC.CCCCOC(CCC)OCCCC. The van der Waals surface area contributed by atoms with Gasteiger partial charge in [0.25, 0.3) is 5.95 Å². The zero-order chi connectivity index (χ0) is 45.8. The maximum atomic E-state index is 5.67. The first-order chi connectivity index (χ1) is 30.0. The molecule has 0 unspecified atom stereocenters. The van der Waals surface area contributed by atoms with Crippen molar-refractivity contribution in [2.24, 2.45) is 0 Å². The summed E-state index contributed by atoms with van der Waals surface area (Å²) in [6.45, 7) is 27.4. The summed E-state index contributed by atoms with van der Waals surface area (Å²) in [5.74, 6) is 0.758. The Balaban J connectivity index is -0.000000359. The van der Waals surface area contributed by atoms with Gasteiger partial charge in [-0.15, -0.1) is 0 Å². The highest BCUT2D eigenvalue weighted by Gasteiger charge is 2.07. The molecule has 0 aliphatic heterocycles. The van der Waals surface area contributed by atoms with Gasteiger partial charge in [-0.3, -0.25) is 0 Å². The van der Waals surface area contributed by atoms with Gasteiger partial charge < -0.3 is 23.7 Å². The Morgan fingerprint density at radius 1 is 0.393 bits per heavy atom.